The van der Waals surface area contributed by atoms with Gasteiger partial charge < -0.3 is 21.3 Å². The number of nitrogens with two attached hydrogens (primary N) is 1. The monoisotopic (exact) mass is 298 g/mol. The van der Waals surface area contributed by atoms with E-state index in [2.05, 4.69) is 5.32 Å². The van der Waals surface area contributed by atoms with Crippen molar-refractivity contribution in [1.82, 2.24) is 5.32 Å². The number of hydrogen-bond donors (Lipinski definition) is 4. The van der Waals surface area contributed by atoms with E-state index < -0.39 is 42.2 Å². The van der Waals surface area contributed by atoms with Crippen LogP contribution in [0.25, 0.3) is 0 Å². The number of halogens is 1. The molecule has 0 heterocycles. The van der Waals surface area contributed by atoms with Crippen molar-refractivity contribution in [3.8, 4) is 0 Å². The number of carboxylic acid groups (broad SMARTS) is 2. The van der Waals surface area contributed by atoms with Gasteiger partial charge in [0.1, 0.15) is 11.9 Å². The summed E-state index contributed by atoms with van der Waals surface area (Å²) < 4.78 is 12.8. The van der Waals surface area contributed by atoms with Crippen LogP contribution in [0.3, 0.4) is 0 Å². The van der Waals surface area contributed by atoms with Gasteiger partial charge in [-0.15, -0.1) is 0 Å². The highest BCUT2D eigenvalue weighted by Gasteiger charge is 2.24. The van der Waals surface area contributed by atoms with Crippen molar-refractivity contribution in [3.63, 3.8) is 0 Å². The van der Waals surface area contributed by atoms with Gasteiger partial charge in [-0.25, -0.2) is 9.18 Å². The molecular formula is C13H15FN2O5. The van der Waals surface area contributed by atoms with E-state index in [1.54, 1.807) is 0 Å². The number of carbonyl (C=O) groups excluding carboxylic acids is 1. The summed E-state index contributed by atoms with van der Waals surface area (Å²) in [6.45, 7) is 0. The molecule has 2 atom stereocenters. The largest absolute Gasteiger partial charge is 0.481 e. The van der Waals surface area contributed by atoms with Gasteiger partial charge in [-0.3, -0.25) is 9.59 Å². The molecule has 0 unspecified atom stereocenters. The van der Waals surface area contributed by atoms with Crippen LogP contribution in [0.15, 0.2) is 24.3 Å². The predicted molar refractivity (Wildman–Crippen MR) is 69.9 cm³/mol. The first-order valence-corrected chi connectivity index (χ1v) is 6.04. The second-order valence-electron chi connectivity index (χ2n) is 4.43. The lowest BCUT2D eigenvalue weighted by molar-refractivity contribution is -0.142. The summed E-state index contributed by atoms with van der Waals surface area (Å²) in [7, 11) is 0. The van der Waals surface area contributed by atoms with Crippen LogP contribution in [0.1, 0.15) is 12.0 Å². The molecule has 8 heteroatoms. The van der Waals surface area contributed by atoms with E-state index in [4.69, 9.17) is 15.9 Å². The fourth-order valence-electron chi connectivity index (χ4n) is 1.62. The lowest BCUT2D eigenvalue weighted by Gasteiger charge is -2.17. The first-order valence-electron chi connectivity index (χ1n) is 6.04. The maximum atomic E-state index is 12.8. The molecule has 0 saturated heterocycles. The molecule has 5 N–H and O–H groups in total. The molecule has 1 aromatic rings. The first kappa shape index (κ1) is 16.6. The van der Waals surface area contributed by atoms with Crippen LogP contribution in [0.5, 0.6) is 0 Å². The topological polar surface area (TPSA) is 130 Å². The van der Waals surface area contributed by atoms with Gasteiger partial charge in [-0.05, 0) is 17.7 Å². The van der Waals surface area contributed by atoms with Gasteiger partial charge in [0, 0.05) is 6.42 Å². The third-order valence-corrected chi connectivity index (χ3v) is 2.70. The molecule has 0 fully saturated rings. The van der Waals surface area contributed by atoms with Gasteiger partial charge in [0.2, 0.25) is 5.91 Å². The Hall–Kier alpha value is -2.48. The zero-order chi connectivity index (χ0) is 16.0. The number of carboxylic acids is 2. The predicted octanol–water partition coefficient (Wildman–Crippen LogP) is -0.260. The van der Waals surface area contributed by atoms with Crippen molar-refractivity contribution >= 4 is 17.8 Å². The Morgan fingerprint density at radius 1 is 1.19 bits per heavy atom. The Kier molecular flexibility index (Phi) is 5.79. The highest BCUT2D eigenvalue weighted by molar-refractivity contribution is 5.89. The minimum Gasteiger partial charge on any atom is -0.481 e. The zero-order valence-electron chi connectivity index (χ0n) is 11.0. The fourth-order valence-corrected chi connectivity index (χ4v) is 1.62. The number of aliphatic carboxylic acids is 2. The second kappa shape index (κ2) is 7.34. The molecule has 0 bridgehead atoms. The van der Waals surface area contributed by atoms with E-state index in [1.807, 2.05) is 0 Å². The molecule has 7 nitrogen and oxygen atoms in total. The maximum Gasteiger partial charge on any atom is 0.326 e. The highest BCUT2D eigenvalue weighted by Crippen LogP contribution is 2.06. The molecule has 0 aromatic heterocycles. The summed E-state index contributed by atoms with van der Waals surface area (Å²) >= 11 is 0. The average Bonchev–Trinajstić information content (AvgIpc) is 2.39. The van der Waals surface area contributed by atoms with Crippen molar-refractivity contribution in [2.75, 3.05) is 0 Å². The Labute approximate surface area is 119 Å². The number of carbonyl (C=O) groups is 3. The summed E-state index contributed by atoms with van der Waals surface area (Å²) in [4.78, 5) is 33.2. The third kappa shape index (κ3) is 5.57. The smallest absolute Gasteiger partial charge is 0.326 e. The number of amides is 1. The molecule has 1 aromatic carbocycles. The fraction of sp³-hybridized carbons (Fsp3) is 0.308. The normalized spacial score (nSPS) is 13.2. The highest BCUT2D eigenvalue weighted by atomic mass is 19.1. The minimum absolute atomic E-state index is 0.0683. The molecule has 0 spiro atoms. The van der Waals surface area contributed by atoms with E-state index in [1.165, 1.54) is 24.3 Å². The van der Waals surface area contributed by atoms with Gasteiger partial charge in [0.15, 0.2) is 0 Å². The van der Waals surface area contributed by atoms with Crippen LogP contribution in [-0.4, -0.2) is 40.1 Å². The minimum atomic E-state index is -1.34. The first-order chi connectivity index (χ1) is 9.79. The van der Waals surface area contributed by atoms with Crippen LogP contribution in [0.2, 0.25) is 0 Å². The van der Waals surface area contributed by atoms with Crippen molar-refractivity contribution < 1.29 is 29.0 Å². The Bertz CT molecular complexity index is 532. The van der Waals surface area contributed by atoms with Crippen LogP contribution >= 0.6 is 0 Å². The number of benzene rings is 1. The lowest BCUT2D eigenvalue weighted by Crippen LogP contribution is -2.49. The molecule has 1 amide bonds. The number of nitrogens with one attached hydrogen (secondary N) is 1. The standard InChI is InChI=1S/C13H15FN2O5/c14-8-3-1-7(2-4-8)5-10(13(20)21)16-12(19)9(15)6-11(17)18/h1-4,9-10H,5-6,15H2,(H,16,19)(H,17,18)(H,20,21)/t9-,10-/m0/s1. The number of hydrogen-bond acceptors (Lipinski definition) is 4. The van der Waals surface area contributed by atoms with Crippen molar-refractivity contribution in [2.24, 2.45) is 5.73 Å². The van der Waals surface area contributed by atoms with Crippen LogP contribution in [0.4, 0.5) is 4.39 Å². The quantitative estimate of drug-likeness (QED) is 0.548. The van der Waals surface area contributed by atoms with Gasteiger partial charge in [0.25, 0.3) is 0 Å². The summed E-state index contributed by atoms with van der Waals surface area (Å²) in [5, 5.41) is 19.7. The SMILES string of the molecule is N[C@@H](CC(=O)O)C(=O)N[C@@H](Cc1ccc(F)cc1)C(=O)O. The lowest BCUT2D eigenvalue weighted by atomic mass is 10.1. The Morgan fingerprint density at radius 2 is 1.76 bits per heavy atom. The van der Waals surface area contributed by atoms with Gasteiger partial charge in [0.05, 0.1) is 12.5 Å². The molecule has 0 aliphatic carbocycles. The summed E-state index contributed by atoms with van der Waals surface area (Å²) in [5.41, 5.74) is 5.85. The van der Waals surface area contributed by atoms with E-state index in [-0.39, 0.29) is 6.42 Å². The van der Waals surface area contributed by atoms with Gasteiger partial charge >= 0.3 is 11.9 Å². The molecule has 0 radical (unpaired) electrons. The molecule has 0 saturated carbocycles. The third-order valence-electron chi connectivity index (χ3n) is 2.70. The Balaban J connectivity index is 2.69. The van der Waals surface area contributed by atoms with E-state index in [9.17, 15) is 18.8 Å². The van der Waals surface area contributed by atoms with Crippen LogP contribution < -0.4 is 11.1 Å². The molecule has 21 heavy (non-hydrogen) atoms. The zero-order valence-corrected chi connectivity index (χ0v) is 11.0. The van der Waals surface area contributed by atoms with E-state index >= 15 is 0 Å². The second-order valence-corrected chi connectivity index (χ2v) is 4.43. The molecule has 0 aliphatic rings. The Morgan fingerprint density at radius 3 is 2.24 bits per heavy atom. The van der Waals surface area contributed by atoms with Crippen molar-refractivity contribution in [2.45, 2.75) is 24.9 Å². The summed E-state index contributed by atoms with van der Waals surface area (Å²) in [6, 6.07) is 2.53. The molecule has 114 valence electrons. The average molecular weight is 298 g/mol. The van der Waals surface area contributed by atoms with Crippen molar-refractivity contribution in [1.29, 1.82) is 0 Å². The maximum absolute atomic E-state index is 12.8. The summed E-state index contributed by atoms with van der Waals surface area (Å²) in [5.74, 6) is -3.89. The van der Waals surface area contributed by atoms with Crippen LogP contribution in [0, 0.1) is 5.82 Å². The molecule has 0 aliphatic heterocycles. The van der Waals surface area contributed by atoms with Gasteiger partial charge in [-0.2, -0.15) is 0 Å². The van der Waals surface area contributed by atoms with Crippen LogP contribution in [-0.2, 0) is 20.8 Å². The van der Waals surface area contributed by atoms with Gasteiger partial charge in [-0.1, -0.05) is 12.1 Å². The molecule has 1 rings (SSSR count). The van der Waals surface area contributed by atoms with E-state index in [0.717, 1.165) is 0 Å². The van der Waals surface area contributed by atoms with Crippen molar-refractivity contribution in [3.05, 3.63) is 35.6 Å². The molecular weight excluding hydrogens is 283 g/mol. The summed E-state index contributed by atoms with van der Waals surface area (Å²) in [6.07, 6.45) is -0.671. The number of rotatable bonds is 7. The van der Waals surface area contributed by atoms with E-state index in [0.29, 0.717) is 5.56 Å².